The van der Waals surface area contributed by atoms with Crippen molar-refractivity contribution in [2.75, 3.05) is 6.26 Å². The van der Waals surface area contributed by atoms with Gasteiger partial charge in [0, 0.05) is 17.5 Å². The predicted molar refractivity (Wildman–Crippen MR) is 101 cm³/mol. The minimum Gasteiger partial charge on any atom is -0.369 e. The first-order valence-corrected chi connectivity index (χ1v) is 9.34. The fraction of sp³-hybridized carbons (Fsp3) is 0.250. The molecule has 25 heavy (non-hydrogen) atoms. The molecule has 9 heteroatoms. The molecule has 3 rings (SSSR count). The smallest absolute Gasteiger partial charge is 0.235 e. The van der Waals surface area contributed by atoms with Crippen molar-refractivity contribution < 1.29 is 8.42 Å². The van der Waals surface area contributed by atoms with Gasteiger partial charge in [0.25, 0.3) is 0 Å². The van der Waals surface area contributed by atoms with Crippen LogP contribution in [0.1, 0.15) is 29.2 Å². The minimum atomic E-state index is -3.39. The number of guanidine groups is 1. The molecule has 2 aromatic rings. The van der Waals surface area contributed by atoms with Crippen LogP contribution in [0.5, 0.6) is 0 Å². The van der Waals surface area contributed by atoms with Crippen LogP contribution in [0.4, 0.5) is 0 Å². The van der Waals surface area contributed by atoms with Gasteiger partial charge in [-0.1, -0.05) is 30.3 Å². The van der Waals surface area contributed by atoms with Crippen LogP contribution in [-0.2, 0) is 16.4 Å². The van der Waals surface area contributed by atoms with Gasteiger partial charge < -0.3 is 5.73 Å². The molecule has 1 aliphatic rings. The molecule has 1 atom stereocenters. The zero-order valence-electron chi connectivity index (χ0n) is 13.6. The van der Waals surface area contributed by atoms with Crippen LogP contribution in [0, 0.1) is 5.41 Å². The third kappa shape index (κ3) is 4.02. The molecule has 0 fully saturated rings. The van der Waals surface area contributed by atoms with E-state index in [0.29, 0.717) is 24.2 Å². The molecule has 0 saturated heterocycles. The average molecular weight is 382 g/mol. The number of hydrogen-bond donors (Lipinski definition) is 3. The summed E-state index contributed by atoms with van der Waals surface area (Å²) < 4.78 is 25.4. The first kappa shape index (κ1) is 19.0. The van der Waals surface area contributed by atoms with E-state index in [9.17, 15) is 8.42 Å². The van der Waals surface area contributed by atoms with Crippen molar-refractivity contribution >= 4 is 34.1 Å². The lowest BCUT2D eigenvalue weighted by molar-refractivity contribution is 0.587. The van der Waals surface area contributed by atoms with Gasteiger partial charge in [-0.05, 0) is 30.4 Å². The summed E-state index contributed by atoms with van der Waals surface area (Å²) in [5.74, 6) is -0.143. The van der Waals surface area contributed by atoms with Crippen LogP contribution in [-0.4, -0.2) is 30.3 Å². The third-order valence-corrected chi connectivity index (χ3v) is 5.14. The second-order valence-electron chi connectivity index (χ2n) is 5.83. The molecule has 1 unspecified atom stereocenters. The summed E-state index contributed by atoms with van der Waals surface area (Å²) in [5.41, 5.74) is 11.1. The molecular formula is C16H20ClN5O2S. The van der Waals surface area contributed by atoms with Gasteiger partial charge in [0.05, 0.1) is 12.0 Å². The molecule has 0 saturated carbocycles. The summed E-state index contributed by atoms with van der Waals surface area (Å²) in [7, 11) is -3.39. The van der Waals surface area contributed by atoms with E-state index in [4.69, 9.17) is 11.1 Å². The number of aromatic nitrogens is 1. The lowest BCUT2D eigenvalue weighted by Gasteiger charge is -2.25. The highest BCUT2D eigenvalue weighted by Crippen LogP contribution is 2.34. The zero-order valence-corrected chi connectivity index (χ0v) is 15.3. The summed E-state index contributed by atoms with van der Waals surface area (Å²) in [5, 5.41) is 11.5. The van der Waals surface area contributed by atoms with Gasteiger partial charge in [-0.3, -0.25) is 5.41 Å². The number of halogens is 1. The van der Waals surface area contributed by atoms with E-state index in [1.54, 1.807) is 12.3 Å². The Balaban J connectivity index is 0.00000225. The molecule has 1 aromatic carbocycles. The summed E-state index contributed by atoms with van der Waals surface area (Å²) in [4.78, 5) is 0. The van der Waals surface area contributed by atoms with Crippen molar-refractivity contribution in [1.82, 2.24) is 9.40 Å². The molecule has 1 heterocycles. The molecule has 0 amide bonds. The average Bonchev–Trinajstić information content (AvgIpc) is 2.97. The van der Waals surface area contributed by atoms with Crippen molar-refractivity contribution in [1.29, 1.82) is 5.41 Å². The number of hydrazone groups is 1. The number of nitrogens with two attached hydrogens (primary N) is 1. The summed E-state index contributed by atoms with van der Waals surface area (Å²) in [6.07, 6.45) is 3.99. The topological polar surface area (TPSA) is 113 Å². The van der Waals surface area contributed by atoms with Crippen molar-refractivity contribution in [3.8, 4) is 0 Å². The van der Waals surface area contributed by atoms with E-state index in [-0.39, 0.29) is 24.3 Å². The van der Waals surface area contributed by atoms with Crippen molar-refractivity contribution in [2.24, 2.45) is 10.8 Å². The first-order valence-electron chi connectivity index (χ1n) is 7.49. The highest BCUT2D eigenvalue weighted by Gasteiger charge is 2.29. The van der Waals surface area contributed by atoms with Gasteiger partial charge in [0.2, 0.25) is 16.0 Å². The Morgan fingerprint density at radius 3 is 2.56 bits per heavy atom. The second-order valence-corrected chi connectivity index (χ2v) is 7.69. The van der Waals surface area contributed by atoms with Crippen LogP contribution in [0.15, 0.2) is 47.7 Å². The Morgan fingerprint density at radius 2 is 1.96 bits per heavy atom. The first-order chi connectivity index (χ1) is 11.4. The monoisotopic (exact) mass is 381 g/mol. The molecule has 1 aromatic heterocycles. The number of benzene rings is 1. The molecule has 7 nitrogen and oxygen atoms in total. The van der Waals surface area contributed by atoms with Crippen molar-refractivity contribution in [2.45, 2.75) is 18.8 Å². The van der Waals surface area contributed by atoms with Gasteiger partial charge in [-0.15, -0.1) is 12.4 Å². The van der Waals surface area contributed by atoms with Crippen LogP contribution in [0.3, 0.4) is 0 Å². The fourth-order valence-corrected chi connectivity index (χ4v) is 3.92. The van der Waals surface area contributed by atoms with Crippen LogP contribution in [0.2, 0.25) is 0 Å². The van der Waals surface area contributed by atoms with Gasteiger partial charge in [0.15, 0.2) is 0 Å². The lowest BCUT2D eigenvalue weighted by atomic mass is 9.82. The van der Waals surface area contributed by atoms with E-state index < -0.39 is 10.0 Å². The molecule has 1 aliphatic carbocycles. The predicted octanol–water partition coefficient (Wildman–Crippen LogP) is 1.63. The van der Waals surface area contributed by atoms with Gasteiger partial charge in [0.1, 0.15) is 0 Å². The fourth-order valence-electron chi connectivity index (χ4n) is 3.06. The maximum Gasteiger partial charge on any atom is 0.235 e. The summed E-state index contributed by atoms with van der Waals surface area (Å²) in [6, 6.07) is 11.7. The number of hydrogen-bond acceptors (Lipinski definition) is 4. The zero-order chi connectivity index (χ0) is 17.3. The molecule has 0 aliphatic heterocycles. The Hall–Kier alpha value is -2.32. The van der Waals surface area contributed by atoms with Gasteiger partial charge >= 0.3 is 0 Å². The van der Waals surface area contributed by atoms with Crippen molar-refractivity contribution in [3.63, 3.8) is 0 Å². The standard InChI is InChI=1S/C16H19N5O2S.ClH/c1-24(22,23)21-8-7-13-14(19-20-16(17)18)9-12(10-15(13)21)11-5-3-2-4-6-11;/h2-8,12H,9-10H2,1H3,(H4,17,18,20);1H. The number of fused-ring (bicyclic) bond motifs is 1. The Kier molecular flexibility index (Phi) is 5.54. The largest absolute Gasteiger partial charge is 0.369 e. The van der Waals surface area contributed by atoms with E-state index in [0.717, 1.165) is 11.1 Å². The summed E-state index contributed by atoms with van der Waals surface area (Å²) >= 11 is 0. The minimum absolute atomic E-state index is 0. The maximum atomic E-state index is 12.0. The molecule has 0 bridgehead atoms. The highest BCUT2D eigenvalue weighted by atomic mass is 35.5. The Bertz CT molecular complexity index is 906. The van der Waals surface area contributed by atoms with Crippen LogP contribution in [0.25, 0.3) is 0 Å². The van der Waals surface area contributed by atoms with Crippen LogP contribution >= 0.6 is 12.4 Å². The lowest BCUT2D eigenvalue weighted by Crippen LogP contribution is -2.29. The number of rotatable bonds is 3. The summed E-state index contributed by atoms with van der Waals surface area (Å²) in [6.45, 7) is 0. The molecule has 4 N–H and O–H groups in total. The van der Waals surface area contributed by atoms with Crippen LogP contribution < -0.4 is 11.2 Å². The van der Waals surface area contributed by atoms with Crippen molar-refractivity contribution in [3.05, 3.63) is 59.4 Å². The highest BCUT2D eigenvalue weighted by molar-refractivity contribution is 7.89. The Labute approximate surface area is 152 Å². The normalized spacial score (nSPS) is 18.3. The molecule has 0 spiro atoms. The van der Waals surface area contributed by atoms with E-state index >= 15 is 0 Å². The molecule has 0 radical (unpaired) electrons. The third-order valence-electron chi connectivity index (χ3n) is 4.08. The Morgan fingerprint density at radius 1 is 1.28 bits per heavy atom. The molecule has 134 valence electrons. The van der Waals surface area contributed by atoms with E-state index in [1.165, 1.54) is 10.2 Å². The van der Waals surface area contributed by atoms with E-state index in [1.807, 2.05) is 30.3 Å². The maximum absolute atomic E-state index is 12.0. The quantitative estimate of drug-likeness (QED) is 0.426. The van der Waals surface area contributed by atoms with Gasteiger partial charge in [-0.25, -0.2) is 17.8 Å². The second kappa shape index (κ2) is 7.28. The number of nitrogens with zero attached hydrogens (tertiary/aromatic N) is 2. The van der Waals surface area contributed by atoms with Gasteiger partial charge in [-0.2, -0.15) is 5.10 Å². The molecular weight excluding hydrogens is 362 g/mol. The number of nitrogens with one attached hydrogen (secondary N) is 2. The van der Waals surface area contributed by atoms with E-state index in [2.05, 4.69) is 10.5 Å². The SMILES string of the molecule is CS(=O)(=O)n1ccc2c1CC(c1ccccc1)CC2=NNC(=N)N.Cl.